The van der Waals surface area contributed by atoms with Gasteiger partial charge in [-0.3, -0.25) is 4.79 Å². The summed E-state index contributed by atoms with van der Waals surface area (Å²) < 4.78 is 29.0. The topological polar surface area (TPSA) is 63.7 Å². The summed E-state index contributed by atoms with van der Waals surface area (Å²) in [5.74, 6) is 0.756. The van der Waals surface area contributed by atoms with Crippen LogP contribution in [0.4, 0.5) is 0 Å². The molecule has 0 atom stereocenters. The van der Waals surface area contributed by atoms with Crippen molar-refractivity contribution < 1.29 is 17.9 Å². The van der Waals surface area contributed by atoms with Crippen LogP contribution in [0.3, 0.4) is 0 Å². The van der Waals surface area contributed by atoms with E-state index in [1.54, 1.807) is 36.1 Å². The summed E-state index contributed by atoms with van der Waals surface area (Å²) in [6.45, 7) is 5.00. The number of rotatable bonds is 7. The Hall–Kier alpha value is -1.56. The standard InChI is InChI=1S/C16H23NO4S/c1-3-5-10-21-14-8-6-13(7-9-14)16(18)17-11-15(12-17)22(19,20)4-2/h6-9,15H,3-5,10-12H2,1-2H3. The van der Waals surface area contributed by atoms with Crippen molar-refractivity contribution in [1.82, 2.24) is 4.90 Å². The van der Waals surface area contributed by atoms with Gasteiger partial charge in [-0.1, -0.05) is 20.3 Å². The predicted molar refractivity (Wildman–Crippen MR) is 86.0 cm³/mol. The molecule has 1 saturated heterocycles. The summed E-state index contributed by atoms with van der Waals surface area (Å²) >= 11 is 0. The fourth-order valence-corrected chi connectivity index (χ4v) is 3.56. The van der Waals surface area contributed by atoms with Gasteiger partial charge in [0.25, 0.3) is 5.91 Å². The van der Waals surface area contributed by atoms with Crippen molar-refractivity contribution in [2.45, 2.75) is 31.9 Å². The van der Waals surface area contributed by atoms with Gasteiger partial charge in [-0.2, -0.15) is 0 Å². The quantitative estimate of drug-likeness (QED) is 0.720. The van der Waals surface area contributed by atoms with E-state index in [4.69, 9.17) is 4.74 Å². The van der Waals surface area contributed by atoms with Crippen LogP contribution in [0.25, 0.3) is 0 Å². The number of benzene rings is 1. The van der Waals surface area contributed by atoms with Crippen molar-refractivity contribution in [3.8, 4) is 5.75 Å². The fraction of sp³-hybridized carbons (Fsp3) is 0.562. The molecule has 22 heavy (non-hydrogen) atoms. The highest BCUT2D eigenvalue weighted by molar-refractivity contribution is 7.92. The minimum atomic E-state index is -3.04. The van der Waals surface area contributed by atoms with Crippen LogP contribution in [-0.4, -0.2) is 49.9 Å². The van der Waals surface area contributed by atoms with Gasteiger partial charge in [0.05, 0.1) is 11.9 Å². The van der Waals surface area contributed by atoms with Gasteiger partial charge in [-0.05, 0) is 30.7 Å². The molecule has 0 unspecified atom stereocenters. The Morgan fingerprint density at radius 1 is 1.23 bits per heavy atom. The zero-order chi connectivity index (χ0) is 16.2. The van der Waals surface area contributed by atoms with Gasteiger partial charge >= 0.3 is 0 Å². The van der Waals surface area contributed by atoms with Gasteiger partial charge in [-0.15, -0.1) is 0 Å². The van der Waals surface area contributed by atoms with Gasteiger partial charge in [0.15, 0.2) is 9.84 Å². The van der Waals surface area contributed by atoms with E-state index in [0.717, 1.165) is 18.6 Å². The highest BCUT2D eigenvalue weighted by atomic mass is 32.2. The second kappa shape index (κ2) is 7.13. The van der Waals surface area contributed by atoms with Crippen LogP contribution in [0.1, 0.15) is 37.0 Å². The van der Waals surface area contributed by atoms with E-state index < -0.39 is 15.1 Å². The van der Waals surface area contributed by atoms with E-state index >= 15 is 0 Å². The van der Waals surface area contributed by atoms with Crippen molar-refractivity contribution in [2.24, 2.45) is 0 Å². The Kier molecular flexibility index (Phi) is 5.45. The highest BCUT2D eigenvalue weighted by Crippen LogP contribution is 2.21. The van der Waals surface area contributed by atoms with Gasteiger partial charge in [0.2, 0.25) is 0 Å². The Balaban J connectivity index is 1.89. The molecule has 0 spiro atoms. The lowest BCUT2D eigenvalue weighted by atomic mass is 10.1. The van der Waals surface area contributed by atoms with Crippen molar-refractivity contribution in [1.29, 1.82) is 0 Å². The van der Waals surface area contributed by atoms with E-state index in [-0.39, 0.29) is 11.7 Å². The van der Waals surface area contributed by atoms with Crippen LogP contribution in [0.15, 0.2) is 24.3 Å². The molecule has 122 valence electrons. The van der Waals surface area contributed by atoms with Crippen LogP contribution < -0.4 is 4.74 Å². The minimum Gasteiger partial charge on any atom is -0.494 e. The third kappa shape index (κ3) is 3.80. The van der Waals surface area contributed by atoms with Gasteiger partial charge < -0.3 is 9.64 Å². The maximum atomic E-state index is 12.2. The summed E-state index contributed by atoms with van der Waals surface area (Å²) in [7, 11) is -3.04. The largest absolute Gasteiger partial charge is 0.494 e. The number of carbonyl (C=O) groups excluding carboxylic acids is 1. The zero-order valence-corrected chi connectivity index (χ0v) is 13.9. The summed E-state index contributed by atoms with van der Waals surface area (Å²) in [6, 6.07) is 7.02. The van der Waals surface area contributed by atoms with Gasteiger partial charge in [-0.25, -0.2) is 8.42 Å². The number of hydrogen-bond donors (Lipinski definition) is 0. The van der Waals surface area contributed by atoms with Gasteiger partial charge in [0.1, 0.15) is 5.75 Å². The molecule has 0 radical (unpaired) electrons. The number of unbranched alkanes of at least 4 members (excludes halogenated alkanes) is 1. The van der Waals surface area contributed by atoms with E-state index in [2.05, 4.69) is 6.92 Å². The number of amides is 1. The summed E-state index contributed by atoms with van der Waals surface area (Å²) in [5, 5.41) is -0.405. The van der Waals surface area contributed by atoms with E-state index in [1.165, 1.54) is 0 Å². The van der Waals surface area contributed by atoms with Crippen molar-refractivity contribution in [3.63, 3.8) is 0 Å². The number of sulfone groups is 1. The first-order chi connectivity index (χ1) is 10.5. The average molecular weight is 325 g/mol. The van der Waals surface area contributed by atoms with Gasteiger partial charge in [0, 0.05) is 24.4 Å². The summed E-state index contributed by atoms with van der Waals surface area (Å²) in [6.07, 6.45) is 2.08. The first-order valence-electron chi connectivity index (χ1n) is 7.71. The molecule has 1 heterocycles. The van der Waals surface area contributed by atoms with E-state index in [1.807, 2.05) is 0 Å². The summed E-state index contributed by atoms with van der Waals surface area (Å²) in [5.41, 5.74) is 0.565. The van der Waals surface area contributed by atoms with Crippen molar-refractivity contribution in [3.05, 3.63) is 29.8 Å². The van der Waals surface area contributed by atoms with Crippen LogP contribution in [-0.2, 0) is 9.84 Å². The molecular formula is C16H23NO4S. The summed E-state index contributed by atoms with van der Waals surface area (Å²) in [4.78, 5) is 13.8. The van der Waals surface area contributed by atoms with Crippen molar-refractivity contribution in [2.75, 3.05) is 25.4 Å². The normalized spacial score (nSPS) is 15.5. The molecule has 1 aliphatic heterocycles. The van der Waals surface area contributed by atoms with E-state index in [0.29, 0.717) is 25.3 Å². The monoisotopic (exact) mass is 325 g/mol. The van der Waals surface area contributed by atoms with Crippen LogP contribution in [0, 0.1) is 0 Å². The lowest BCUT2D eigenvalue weighted by molar-refractivity contribution is 0.0659. The molecule has 0 saturated carbocycles. The van der Waals surface area contributed by atoms with Crippen LogP contribution in [0.2, 0.25) is 0 Å². The molecule has 0 bridgehead atoms. The van der Waals surface area contributed by atoms with Crippen LogP contribution in [0.5, 0.6) is 5.75 Å². The number of carbonyl (C=O) groups is 1. The maximum Gasteiger partial charge on any atom is 0.253 e. The van der Waals surface area contributed by atoms with E-state index in [9.17, 15) is 13.2 Å². The molecular weight excluding hydrogens is 302 g/mol. The number of nitrogens with zero attached hydrogens (tertiary/aromatic N) is 1. The Bertz CT molecular complexity index is 604. The number of ether oxygens (including phenoxy) is 1. The first kappa shape index (κ1) is 16.8. The molecule has 6 heteroatoms. The Labute approximate surface area is 132 Å². The molecule has 0 aliphatic carbocycles. The average Bonchev–Trinajstić information content (AvgIpc) is 2.46. The molecule has 1 aromatic rings. The fourth-order valence-electron chi connectivity index (χ4n) is 2.28. The maximum absolute atomic E-state index is 12.2. The lowest BCUT2D eigenvalue weighted by Gasteiger charge is -2.38. The van der Waals surface area contributed by atoms with Crippen molar-refractivity contribution >= 4 is 15.7 Å². The molecule has 1 aliphatic rings. The Morgan fingerprint density at radius 2 is 1.86 bits per heavy atom. The molecule has 0 N–H and O–H groups in total. The zero-order valence-electron chi connectivity index (χ0n) is 13.1. The third-order valence-electron chi connectivity index (χ3n) is 3.91. The molecule has 1 amide bonds. The first-order valence-corrected chi connectivity index (χ1v) is 9.43. The number of hydrogen-bond acceptors (Lipinski definition) is 4. The second-order valence-electron chi connectivity index (χ2n) is 5.51. The Morgan fingerprint density at radius 3 is 2.41 bits per heavy atom. The smallest absolute Gasteiger partial charge is 0.253 e. The predicted octanol–water partition coefficient (Wildman–Crippen LogP) is 2.12. The SMILES string of the molecule is CCCCOc1ccc(C(=O)N2CC(S(=O)(=O)CC)C2)cc1. The molecule has 1 fully saturated rings. The highest BCUT2D eigenvalue weighted by Gasteiger charge is 2.38. The molecule has 2 rings (SSSR count). The lowest BCUT2D eigenvalue weighted by Crippen LogP contribution is -2.57. The second-order valence-corrected chi connectivity index (χ2v) is 8.08. The molecule has 5 nitrogen and oxygen atoms in total. The molecule has 1 aromatic carbocycles. The molecule has 0 aromatic heterocycles. The minimum absolute atomic E-state index is 0.123. The third-order valence-corrected chi connectivity index (χ3v) is 6.03. The number of likely N-dealkylation sites (tertiary alicyclic amines) is 1. The van der Waals surface area contributed by atoms with Crippen LogP contribution >= 0.6 is 0 Å².